The number of piperidine rings is 1. The molecule has 0 aliphatic carbocycles. The first-order chi connectivity index (χ1) is 10.3. The Morgan fingerprint density at radius 1 is 1.32 bits per heavy atom. The van der Waals surface area contributed by atoms with Crippen molar-refractivity contribution in [3.05, 3.63) is 11.1 Å². The van der Waals surface area contributed by atoms with Crippen LogP contribution in [0.4, 0.5) is 4.79 Å². The molecule has 1 fully saturated rings. The predicted octanol–water partition coefficient (Wildman–Crippen LogP) is 1.60. The summed E-state index contributed by atoms with van der Waals surface area (Å²) in [7, 11) is 0. The van der Waals surface area contributed by atoms with Gasteiger partial charge in [-0.25, -0.2) is 4.79 Å². The molecule has 0 aromatic carbocycles. The second-order valence-electron chi connectivity index (χ2n) is 7.29. The number of likely N-dealkylation sites (tertiary alicyclic amines) is 1. The van der Waals surface area contributed by atoms with Gasteiger partial charge in [-0.05, 0) is 44.8 Å². The van der Waals surface area contributed by atoms with Crippen LogP contribution >= 0.6 is 0 Å². The van der Waals surface area contributed by atoms with E-state index in [0.29, 0.717) is 32.7 Å². The highest BCUT2D eigenvalue weighted by atomic mass is 16.6. The first-order valence-electron chi connectivity index (χ1n) is 7.89. The zero-order chi connectivity index (χ0) is 16.0. The fraction of sp³-hybridized carbons (Fsp3) is 0.750. The lowest BCUT2D eigenvalue weighted by Crippen LogP contribution is -2.50. The minimum absolute atomic E-state index is 0.0746. The number of rotatable bonds is 0. The van der Waals surface area contributed by atoms with Crippen LogP contribution in [0.1, 0.15) is 40.0 Å². The summed E-state index contributed by atoms with van der Waals surface area (Å²) >= 11 is 0. The molecule has 0 saturated carbocycles. The smallest absolute Gasteiger partial charge is 0.410 e. The Morgan fingerprint density at radius 3 is 2.64 bits per heavy atom. The summed E-state index contributed by atoms with van der Waals surface area (Å²) < 4.78 is 11.5. The Morgan fingerprint density at radius 2 is 2.00 bits per heavy atom. The normalized spacial score (nSPS) is 24.3. The van der Waals surface area contributed by atoms with Crippen molar-refractivity contribution in [1.29, 1.82) is 0 Å². The molecule has 0 bridgehead atoms. The van der Waals surface area contributed by atoms with E-state index in [-0.39, 0.29) is 17.6 Å². The molecule has 3 rings (SSSR count). The minimum Gasteiger partial charge on any atom is -0.444 e. The van der Waals surface area contributed by atoms with E-state index in [1.165, 1.54) is 5.57 Å². The molecule has 2 amide bonds. The zero-order valence-electron chi connectivity index (χ0n) is 13.5. The molecule has 1 saturated heterocycles. The molecule has 1 spiro atoms. The van der Waals surface area contributed by atoms with Gasteiger partial charge in [0.25, 0.3) is 0 Å². The lowest BCUT2D eigenvalue weighted by atomic mass is 9.81. The molecule has 0 radical (unpaired) electrons. The Kier molecular flexibility index (Phi) is 3.67. The third-order valence-electron chi connectivity index (χ3n) is 4.56. The van der Waals surface area contributed by atoms with E-state index in [4.69, 9.17) is 9.47 Å². The topological polar surface area (TPSA) is 67.9 Å². The molecule has 0 unspecified atom stereocenters. The molecular weight excluding hydrogens is 284 g/mol. The molecule has 22 heavy (non-hydrogen) atoms. The highest BCUT2D eigenvalue weighted by Gasteiger charge is 2.46. The van der Waals surface area contributed by atoms with Crippen molar-refractivity contribution in [3.63, 3.8) is 0 Å². The van der Waals surface area contributed by atoms with Crippen LogP contribution in [0.2, 0.25) is 0 Å². The molecule has 3 aliphatic heterocycles. The van der Waals surface area contributed by atoms with Crippen LogP contribution in [0, 0.1) is 0 Å². The summed E-state index contributed by atoms with van der Waals surface area (Å²) in [6.45, 7) is 8.00. The van der Waals surface area contributed by atoms with Crippen molar-refractivity contribution in [1.82, 2.24) is 10.2 Å². The van der Waals surface area contributed by atoms with Crippen LogP contribution < -0.4 is 5.32 Å². The summed E-state index contributed by atoms with van der Waals surface area (Å²) in [6, 6.07) is 0. The maximum atomic E-state index is 12.1. The Labute approximate surface area is 130 Å². The Hall–Kier alpha value is -1.56. The van der Waals surface area contributed by atoms with Gasteiger partial charge in [0.2, 0.25) is 5.91 Å². The molecule has 0 aromatic rings. The number of nitrogens with one attached hydrogen (secondary N) is 1. The Bertz CT molecular complexity index is 525. The fourth-order valence-electron chi connectivity index (χ4n) is 3.43. The van der Waals surface area contributed by atoms with Gasteiger partial charge in [0, 0.05) is 19.6 Å². The summed E-state index contributed by atoms with van der Waals surface area (Å²) in [6.07, 6.45) is 1.72. The largest absolute Gasteiger partial charge is 0.444 e. The maximum absolute atomic E-state index is 12.1. The van der Waals surface area contributed by atoms with Gasteiger partial charge in [0.05, 0.1) is 18.6 Å². The minimum atomic E-state index is -0.473. The molecule has 0 aromatic heterocycles. The van der Waals surface area contributed by atoms with Gasteiger partial charge in [-0.2, -0.15) is 0 Å². The van der Waals surface area contributed by atoms with Crippen LogP contribution in [0.25, 0.3) is 0 Å². The van der Waals surface area contributed by atoms with Gasteiger partial charge in [-0.3, -0.25) is 4.79 Å². The van der Waals surface area contributed by atoms with Crippen molar-refractivity contribution in [2.45, 2.75) is 51.2 Å². The highest BCUT2D eigenvalue weighted by Crippen LogP contribution is 2.42. The molecule has 0 atom stereocenters. The molecule has 3 aliphatic rings. The van der Waals surface area contributed by atoms with Crippen molar-refractivity contribution in [2.75, 3.05) is 26.2 Å². The second-order valence-corrected chi connectivity index (χ2v) is 7.29. The van der Waals surface area contributed by atoms with Crippen LogP contribution in [-0.4, -0.2) is 54.3 Å². The number of nitrogens with zero attached hydrogens (tertiary/aromatic N) is 1. The molecular formula is C16H24N2O4. The van der Waals surface area contributed by atoms with E-state index in [0.717, 1.165) is 18.4 Å². The highest BCUT2D eigenvalue weighted by molar-refractivity contribution is 5.81. The monoisotopic (exact) mass is 308 g/mol. The number of carbonyl (C=O) groups is 2. The van der Waals surface area contributed by atoms with Gasteiger partial charge in [-0.15, -0.1) is 0 Å². The number of hydrogen-bond acceptors (Lipinski definition) is 4. The van der Waals surface area contributed by atoms with Crippen molar-refractivity contribution in [3.8, 4) is 0 Å². The number of hydrogen-bond donors (Lipinski definition) is 1. The van der Waals surface area contributed by atoms with Gasteiger partial charge in [0.15, 0.2) is 0 Å². The van der Waals surface area contributed by atoms with E-state index < -0.39 is 5.60 Å². The van der Waals surface area contributed by atoms with Gasteiger partial charge in [-0.1, -0.05) is 0 Å². The third kappa shape index (κ3) is 2.84. The summed E-state index contributed by atoms with van der Waals surface area (Å²) in [4.78, 5) is 25.4. The average Bonchev–Trinajstić information content (AvgIpc) is 2.76. The van der Waals surface area contributed by atoms with E-state index in [1.54, 1.807) is 4.90 Å². The van der Waals surface area contributed by atoms with Crippen LogP contribution in [-0.2, 0) is 14.3 Å². The third-order valence-corrected chi connectivity index (χ3v) is 4.56. The molecule has 3 heterocycles. The van der Waals surface area contributed by atoms with Gasteiger partial charge >= 0.3 is 6.09 Å². The number of ether oxygens (including phenoxy) is 2. The summed E-state index contributed by atoms with van der Waals surface area (Å²) in [5, 5.41) is 2.91. The molecule has 122 valence electrons. The van der Waals surface area contributed by atoms with Crippen molar-refractivity contribution < 1.29 is 19.1 Å². The van der Waals surface area contributed by atoms with Crippen LogP contribution in [0.3, 0.4) is 0 Å². The van der Waals surface area contributed by atoms with E-state index in [1.807, 2.05) is 20.8 Å². The Balaban J connectivity index is 1.65. The van der Waals surface area contributed by atoms with E-state index in [9.17, 15) is 9.59 Å². The van der Waals surface area contributed by atoms with Gasteiger partial charge in [0.1, 0.15) is 5.60 Å². The van der Waals surface area contributed by atoms with Crippen molar-refractivity contribution >= 4 is 12.0 Å². The lowest BCUT2D eigenvalue weighted by molar-refractivity contribution is -0.120. The molecule has 6 heteroatoms. The first kappa shape index (κ1) is 15.3. The maximum Gasteiger partial charge on any atom is 0.410 e. The van der Waals surface area contributed by atoms with Crippen LogP contribution in [0.15, 0.2) is 11.1 Å². The zero-order valence-corrected chi connectivity index (χ0v) is 13.5. The van der Waals surface area contributed by atoms with Gasteiger partial charge < -0.3 is 19.7 Å². The number of carbonyl (C=O) groups excluding carboxylic acids is 2. The fourth-order valence-corrected chi connectivity index (χ4v) is 3.43. The molecule has 6 nitrogen and oxygen atoms in total. The lowest BCUT2D eigenvalue weighted by Gasteiger charge is -2.41. The van der Waals surface area contributed by atoms with Crippen LogP contribution in [0.5, 0.6) is 0 Å². The quantitative estimate of drug-likeness (QED) is 0.690. The average molecular weight is 308 g/mol. The van der Waals surface area contributed by atoms with E-state index in [2.05, 4.69) is 5.32 Å². The first-order valence-corrected chi connectivity index (χ1v) is 7.89. The number of amides is 2. The SMILES string of the molecule is CC(C)(C)OC(=O)N1CCC2(CC1)OCC1=C2CNC(=O)C1. The number of fused-ring (bicyclic) bond motifs is 1. The summed E-state index contributed by atoms with van der Waals surface area (Å²) in [5.41, 5.74) is 1.60. The predicted molar refractivity (Wildman–Crippen MR) is 80.4 cm³/mol. The standard InChI is InChI=1S/C16H24N2O4/c1-15(2,3)22-14(20)18-6-4-16(5-7-18)12-9-17-13(19)8-11(12)10-21-16/h4-10H2,1-3H3,(H,17,19). The second kappa shape index (κ2) is 5.26. The molecule has 1 N–H and O–H groups in total. The van der Waals surface area contributed by atoms with Crippen molar-refractivity contribution in [2.24, 2.45) is 0 Å². The summed E-state index contributed by atoms with van der Waals surface area (Å²) in [5.74, 6) is 0.0746. The van der Waals surface area contributed by atoms with E-state index >= 15 is 0 Å².